The lowest BCUT2D eigenvalue weighted by Gasteiger charge is -2.16. The number of hydrogen-bond donors (Lipinski definition) is 4. The van der Waals surface area contributed by atoms with E-state index in [1.165, 1.54) is 28.2 Å². The van der Waals surface area contributed by atoms with Crippen molar-refractivity contribution in [2.24, 2.45) is 5.73 Å². The van der Waals surface area contributed by atoms with Crippen molar-refractivity contribution in [1.82, 2.24) is 30.2 Å². The van der Waals surface area contributed by atoms with Gasteiger partial charge in [0.15, 0.2) is 0 Å². The molecule has 1 aromatic carbocycles. The summed E-state index contributed by atoms with van der Waals surface area (Å²) in [6.45, 7) is 1.92. The van der Waals surface area contributed by atoms with E-state index in [1.54, 1.807) is 31.2 Å². The number of carbonyl (C=O) groups excluding carboxylic acids is 3. The van der Waals surface area contributed by atoms with Crippen LogP contribution in [0.15, 0.2) is 36.7 Å². The Labute approximate surface area is 213 Å². The second-order valence-electron chi connectivity index (χ2n) is 8.49. The molecule has 0 bridgehead atoms. The summed E-state index contributed by atoms with van der Waals surface area (Å²) in [6.07, 6.45) is 2.48. The van der Waals surface area contributed by atoms with Gasteiger partial charge in [-0.15, -0.1) is 11.3 Å². The molecule has 0 aliphatic heterocycles. The van der Waals surface area contributed by atoms with Crippen LogP contribution >= 0.6 is 11.3 Å². The summed E-state index contributed by atoms with van der Waals surface area (Å²) in [5.41, 5.74) is 8.04. The summed E-state index contributed by atoms with van der Waals surface area (Å²) in [7, 11) is 0. The number of nitrogens with zero attached hydrogens (tertiary/aromatic N) is 4. The van der Waals surface area contributed by atoms with E-state index in [2.05, 4.69) is 25.7 Å². The molecule has 4 aromatic rings. The highest BCUT2D eigenvalue weighted by Crippen LogP contribution is 2.35. The van der Waals surface area contributed by atoms with E-state index in [9.17, 15) is 24.3 Å². The number of fused-ring (bicyclic) bond motifs is 2. The number of carboxylic acids is 1. The Morgan fingerprint density at radius 2 is 2.00 bits per heavy atom. The molecule has 0 spiro atoms. The molecule has 1 atom stereocenters. The zero-order valence-corrected chi connectivity index (χ0v) is 20.3. The van der Waals surface area contributed by atoms with Crippen LogP contribution in [0.3, 0.4) is 0 Å². The molecule has 188 valence electrons. The number of hydrogen-bond acceptors (Lipinski definition) is 8. The van der Waals surface area contributed by atoms with Crippen molar-refractivity contribution in [2.75, 3.05) is 0 Å². The number of carboxylic acid groups (broad SMARTS) is 1. The molecule has 5 rings (SSSR count). The number of amides is 3. The quantitative estimate of drug-likeness (QED) is 0.284. The smallest absolute Gasteiger partial charge is 0.335 e. The minimum atomic E-state index is -0.990. The molecule has 1 aliphatic carbocycles. The van der Waals surface area contributed by atoms with Crippen molar-refractivity contribution in [1.29, 1.82) is 0 Å². The Balaban J connectivity index is 1.36. The summed E-state index contributed by atoms with van der Waals surface area (Å²) in [5, 5.41) is 19.1. The van der Waals surface area contributed by atoms with Crippen LogP contribution < -0.4 is 16.4 Å². The van der Waals surface area contributed by atoms with Gasteiger partial charge in [-0.1, -0.05) is 6.07 Å². The molecular weight excluding hydrogens is 498 g/mol. The van der Waals surface area contributed by atoms with E-state index in [0.717, 1.165) is 16.0 Å². The van der Waals surface area contributed by atoms with Crippen LogP contribution in [0.5, 0.6) is 0 Å². The molecule has 3 aromatic heterocycles. The molecule has 3 heterocycles. The summed E-state index contributed by atoms with van der Waals surface area (Å²) >= 11 is 1.17. The number of aromatic carboxylic acids is 1. The lowest BCUT2D eigenvalue weighted by Crippen LogP contribution is -2.30. The fourth-order valence-corrected chi connectivity index (χ4v) is 5.25. The minimum absolute atomic E-state index is 0.0221. The van der Waals surface area contributed by atoms with Gasteiger partial charge < -0.3 is 21.5 Å². The summed E-state index contributed by atoms with van der Waals surface area (Å²) in [4.78, 5) is 58.2. The zero-order chi connectivity index (χ0) is 26.3. The second-order valence-corrected chi connectivity index (χ2v) is 9.66. The van der Waals surface area contributed by atoms with Crippen LogP contribution in [-0.2, 0) is 13.0 Å². The number of thiophene rings is 1. The van der Waals surface area contributed by atoms with Crippen LogP contribution in [0.25, 0.3) is 5.78 Å². The van der Waals surface area contributed by atoms with Crippen LogP contribution in [0.2, 0.25) is 0 Å². The van der Waals surface area contributed by atoms with Gasteiger partial charge in [0.05, 0.1) is 23.0 Å². The molecule has 0 saturated heterocycles. The second kappa shape index (κ2) is 9.43. The van der Waals surface area contributed by atoms with Gasteiger partial charge >= 0.3 is 5.97 Å². The van der Waals surface area contributed by atoms with Crippen molar-refractivity contribution in [2.45, 2.75) is 32.4 Å². The fraction of sp³-hybridized carbons (Fsp3) is 0.208. The average Bonchev–Trinajstić information content (AvgIpc) is 3.62. The minimum Gasteiger partial charge on any atom is -0.478 e. The Kier molecular flexibility index (Phi) is 6.13. The first kappa shape index (κ1) is 24.1. The number of carbonyl (C=O) groups is 4. The van der Waals surface area contributed by atoms with E-state index in [0.29, 0.717) is 23.3 Å². The molecule has 5 N–H and O–H groups in total. The van der Waals surface area contributed by atoms with Crippen molar-refractivity contribution in [3.8, 4) is 0 Å². The summed E-state index contributed by atoms with van der Waals surface area (Å²) in [6, 6.07) is 7.57. The number of rotatable bonds is 7. The highest BCUT2D eigenvalue weighted by molar-refractivity contribution is 7.14. The van der Waals surface area contributed by atoms with Gasteiger partial charge in [0, 0.05) is 10.9 Å². The van der Waals surface area contributed by atoms with Gasteiger partial charge in [-0.25, -0.2) is 9.78 Å². The fourth-order valence-electron chi connectivity index (χ4n) is 4.45. The van der Waals surface area contributed by atoms with Crippen molar-refractivity contribution < 1.29 is 24.3 Å². The Morgan fingerprint density at radius 1 is 1.19 bits per heavy atom. The van der Waals surface area contributed by atoms with E-state index in [4.69, 9.17) is 5.73 Å². The van der Waals surface area contributed by atoms with Crippen LogP contribution in [0.1, 0.15) is 75.0 Å². The van der Waals surface area contributed by atoms with Crippen molar-refractivity contribution in [3.05, 3.63) is 80.1 Å². The molecule has 3 amide bonds. The summed E-state index contributed by atoms with van der Waals surface area (Å²) < 4.78 is 1.25. The molecule has 0 unspecified atom stereocenters. The van der Waals surface area contributed by atoms with E-state index in [-0.39, 0.29) is 35.3 Å². The average molecular weight is 520 g/mol. The Hall–Kier alpha value is -4.65. The third kappa shape index (κ3) is 4.51. The normalized spacial score (nSPS) is 14.4. The molecule has 0 saturated carbocycles. The first-order valence-corrected chi connectivity index (χ1v) is 12.1. The lowest BCUT2D eigenvalue weighted by molar-refractivity contribution is 0.0695. The van der Waals surface area contributed by atoms with Gasteiger partial charge in [0.25, 0.3) is 23.5 Å². The number of aromatic nitrogens is 4. The maximum absolute atomic E-state index is 13.3. The monoisotopic (exact) mass is 519 g/mol. The number of primary amides is 1. The van der Waals surface area contributed by atoms with Gasteiger partial charge in [0.1, 0.15) is 17.7 Å². The molecule has 1 aliphatic rings. The SMILES string of the molecule is Cc1c(C(=O)O)ccc2c1CC[C@@H]2NC(=O)c1cc(C(=O)NCc2ccc(C(N)=O)s2)nc2ncnn12. The van der Waals surface area contributed by atoms with Gasteiger partial charge in [-0.2, -0.15) is 14.6 Å². The molecule has 0 fully saturated rings. The van der Waals surface area contributed by atoms with Crippen molar-refractivity contribution in [3.63, 3.8) is 0 Å². The predicted molar refractivity (Wildman–Crippen MR) is 131 cm³/mol. The Bertz CT molecular complexity index is 1590. The first-order valence-electron chi connectivity index (χ1n) is 11.3. The largest absolute Gasteiger partial charge is 0.478 e. The highest BCUT2D eigenvalue weighted by atomic mass is 32.1. The van der Waals surface area contributed by atoms with E-state index in [1.807, 2.05) is 0 Å². The molecule has 0 radical (unpaired) electrons. The lowest BCUT2D eigenvalue weighted by atomic mass is 9.98. The standard InChI is InChI=1S/C24H21N7O5S/c1-11-13-5-6-16(15(13)4-3-14(11)23(35)36)29-22(34)18-8-17(30-24-27-10-28-31(18)24)21(33)26-9-12-2-7-19(37-12)20(25)32/h2-4,7-8,10,16H,5-6,9H2,1H3,(H2,25,32)(H,26,33)(H,29,34)(H,35,36)/t16-/m0/s1. The van der Waals surface area contributed by atoms with Crippen LogP contribution in [-0.4, -0.2) is 48.4 Å². The maximum atomic E-state index is 13.3. The maximum Gasteiger partial charge on any atom is 0.335 e. The number of nitrogens with one attached hydrogen (secondary N) is 2. The molecule has 12 nitrogen and oxygen atoms in total. The Morgan fingerprint density at radius 3 is 2.73 bits per heavy atom. The zero-order valence-electron chi connectivity index (χ0n) is 19.5. The van der Waals surface area contributed by atoms with Crippen molar-refractivity contribution >= 4 is 40.8 Å². The summed E-state index contributed by atoms with van der Waals surface area (Å²) in [5.74, 6) is -2.46. The molecule has 37 heavy (non-hydrogen) atoms. The van der Waals surface area contributed by atoms with Gasteiger partial charge in [-0.05, 0) is 54.7 Å². The number of benzene rings is 1. The van der Waals surface area contributed by atoms with Crippen LogP contribution in [0, 0.1) is 6.92 Å². The molecule has 13 heteroatoms. The first-order chi connectivity index (χ1) is 17.7. The van der Waals surface area contributed by atoms with Gasteiger partial charge in [0.2, 0.25) is 0 Å². The van der Waals surface area contributed by atoms with E-state index >= 15 is 0 Å². The highest BCUT2D eigenvalue weighted by Gasteiger charge is 2.29. The van der Waals surface area contributed by atoms with Gasteiger partial charge in [-0.3, -0.25) is 14.4 Å². The third-order valence-electron chi connectivity index (χ3n) is 6.27. The van der Waals surface area contributed by atoms with Crippen LogP contribution in [0.4, 0.5) is 0 Å². The predicted octanol–water partition coefficient (Wildman–Crippen LogP) is 1.64. The van der Waals surface area contributed by atoms with E-state index < -0.39 is 23.7 Å². The third-order valence-corrected chi connectivity index (χ3v) is 7.37. The topological polar surface area (TPSA) is 182 Å². The number of nitrogens with two attached hydrogens (primary N) is 1. The molecular formula is C24H21N7O5S.